The van der Waals surface area contributed by atoms with Gasteiger partial charge in [-0.25, -0.2) is 105 Å². The monoisotopic (exact) mass is 1710 g/mol. The van der Waals surface area contributed by atoms with Crippen LogP contribution in [0.25, 0.3) is 0 Å². The molecule has 0 saturated carbocycles. The summed E-state index contributed by atoms with van der Waals surface area (Å²) in [4.78, 5) is 1.35. The lowest BCUT2D eigenvalue weighted by molar-refractivity contribution is 0.407. The second kappa shape index (κ2) is 52.0. The summed E-state index contributed by atoms with van der Waals surface area (Å²) in [6.45, 7) is 54.6. The van der Waals surface area contributed by atoms with Crippen LogP contribution in [0, 0.1) is 66.2 Å². The standard InChI is InChI=1S/C13H21NO2S.C12H19NO2S.C11H17NO2S.C10H23NO2S.C9H13NO2S.C9H21NO2S.C8H19NO2S.C6H15NO2S/c1-10-6-11(2)8-12(7-10)17(15,16)14-9-13(3,4)5;1-9-6-10(2)8-11(7-9)16(14,15)13-12(3,4)5;1-8(2)12-15(13,14)11-6-9(3)5-10(4)7-11;1-5-6-7-8-14(12,13)11-9-10(2,3)4;1-7-4-8(2)6-9(5-7)13(11,12)10-3;1-5-6-7-8-13(11,12)10-9(2,3)4;1-4-5-6-7-12(10,11)9-8(2)3;1-3-4-5-6-10(8,9)7-2/h6-8,14H,9H2,1-5H3;6-8,13H,1-5H3;5-8,12H,1-4H3;11H,5-9H2,1-4H3;4-6,10H,1-3H3;10H,5-8H2,1-4H3;8-9H,4-7H2,1-3H3;7H,3-6H2,1-2H3. The van der Waals surface area contributed by atoms with Crippen molar-refractivity contribution in [3.63, 3.8) is 0 Å². The molecule has 0 spiro atoms. The first-order valence-corrected chi connectivity index (χ1v) is 50.4. The van der Waals surface area contributed by atoms with Crippen LogP contribution in [0.1, 0.15) is 260 Å². The lowest BCUT2D eigenvalue weighted by Gasteiger charge is -2.20. The predicted molar refractivity (Wildman–Crippen MR) is 461 cm³/mol. The number of nitrogens with one attached hydrogen (secondary N) is 8. The van der Waals surface area contributed by atoms with Gasteiger partial charge in [0.05, 0.1) is 42.6 Å². The highest BCUT2D eigenvalue weighted by atomic mass is 32.2. The van der Waals surface area contributed by atoms with Gasteiger partial charge in [0.1, 0.15) is 0 Å². The summed E-state index contributed by atoms with van der Waals surface area (Å²) in [6, 6.07) is 21.1. The Morgan fingerprint density at radius 2 is 0.536 bits per heavy atom. The van der Waals surface area contributed by atoms with Crippen molar-refractivity contribution in [2.24, 2.45) is 10.8 Å². The molecule has 32 heteroatoms. The Morgan fingerprint density at radius 3 is 0.800 bits per heavy atom. The van der Waals surface area contributed by atoms with Crippen LogP contribution >= 0.6 is 0 Å². The zero-order valence-corrected chi connectivity index (χ0v) is 79.1. The van der Waals surface area contributed by atoms with Crippen LogP contribution < -0.4 is 37.8 Å². The first kappa shape index (κ1) is 112. The molecule has 0 unspecified atom stereocenters. The fourth-order valence-electron chi connectivity index (χ4n) is 9.31. The van der Waals surface area contributed by atoms with Gasteiger partial charge in [-0.1, -0.05) is 145 Å². The van der Waals surface area contributed by atoms with Crippen LogP contribution in [0.2, 0.25) is 0 Å². The van der Waals surface area contributed by atoms with Crippen LogP contribution in [0.5, 0.6) is 0 Å². The molecule has 0 amide bonds. The smallest absolute Gasteiger partial charge is 0.218 e. The first-order chi connectivity index (χ1) is 49.6. The predicted octanol–water partition coefficient (Wildman–Crippen LogP) is 14.5. The van der Waals surface area contributed by atoms with E-state index in [-0.39, 0.29) is 51.5 Å². The first-order valence-electron chi connectivity index (χ1n) is 37.8. The highest BCUT2D eigenvalue weighted by molar-refractivity contribution is 7.91. The SMILES string of the molecule is CCCCCS(=O)(=O)NC.CCCCCS(=O)(=O)NC(C)(C)C.CCCCCS(=O)(=O)NC(C)C.CCCCCS(=O)(=O)NCC(C)(C)C.CNS(=O)(=O)c1cc(C)cc(C)c1.Cc1cc(C)cc(S(=O)(=O)NC(C)(C)C)c1.Cc1cc(C)cc(S(=O)(=O)NC(C)C)c1.Cc1cc(C)cc(S(=O)(=O)NCC(C)(C)C)c1. The minimum atomic E-state index is -3.41. The number of hydrogen-bond acceptors (Lipinski definition) is 16. The average Bonchev–Trinajstić information content (AvgIpc) is 0.832. The molecule has 0 bridgehead atoms. The van der Waals surface area contributed by atoms with E-state index in [9.17, 15) is 67.3 Å². The van der Waals surface area contributed by atoms with E-state index in [1.807, 2.05) is 184 Å². The second-order valence-electron chi connectivity index (χ2n) is 32.8. The van der Waals surface area contributed by atoms with E-state index in [4.69, 9.17) is 0 Å². The van der Waals surface area contributed by atoms with Crippen LogP contribution in [-0.2, 0) is 80.2 Å². The number of aryl methyl sites for hydroxylation is 8. The van der Waals surface area contributed by atoms with Crippen molar-refractivity contribution in [3.05, 3.63) is 117 Å². The highest BCUT2D eigenvalue weighted by Crippen LogP contribution is 2.21. The third-order valence-electron chi connectivity index (χ3n) is 14.0. The summed E-state index contributed by atoms with van der Waals surface area (Å²) >= 11 is 0. The Morgan fingerprint density at radius 1 is 0.282 bits per heavy atom. The van der Waals surface area contributed by atoms with Crippen LogP contribution in [0.15, 0.2) is 92.4 Å². The van der Waals surface area contributed by atoms with Crippen molar-refractivity contribution in [1.29, 1.82) is 0 Å². The summed E-state index contributed by atoms with van der Waals surface area (Å²) < 4.78 is 205. The van der Waals surface area contributed by atoms with Gasteiger partial charge in [-0.15, -0.1) is 0 Å². The van der Waals surface area contributed by atoms with Crippen molar-refractivity contribution in [2.45, 2.75) is 314 Å². The lowest BCUT2D eigenvalue weighted by atomic mass is 9.98. The maximum atomic E-state index is 12.1. The highest BCUT2D eigenvalue weighted by Gasteiger charge is 2.24. The van der Waals surface area contributed by atoms with Gasteiger partial charge in [0.25, 0.3) is 0 Å². The molecule has 110 heavy (non-hydrogen) atoms. The van der Waals surface area contributed by atoms with Crippen LogP contribution in [0.4, 0.5) is 0 Å². The van der Waals surface area contributed by atoms with Gasteiger partial charge < -0.3 is 0 Å². The molecule has 0 aromatic heterocycles. The Kier molecular flexibility index (Phi) is 53.1. The Labute approximate surface area is 672 Å². The summed E-state index contributed by atoms with van der Waals surface area (Å²) in [5.74, 6) is 1.03. The molecule has 8 N–H and O–H groups in total. The maximum absolute atomic E-state index is 12.1. The van der Waals surface area contributed by atoms with Crippen LogP contribution in [0.3, 0.4) is 0 Å². The summed E-state index contributed by atoms with van der Waals surface area (Å²) in [5.41, 5.74) is 6.78. The number of hydrogen-bond donors (Lipinski definition) is 8. The van der Waals surface area contributed by atoms with E-state index in [0.717, 1.165) is 122 Å². The van der Waals surface area contributed by atoms with Crippen molar-refractivity contribution in [1.82, 2.24) is 37.8 Å². The molecule has 4 rings (SSSR count). The van der Waals surface area contributed by atoms with Gasteiger partial charge >= 0.3 is 0 Å². The molecular formula is C78H148N8O16S8. The van der Waals surface area contributed by atoms with Crippen molar-refractivity contribution in [3.8, 4) is 0 Å². The fourth-order valence-corrected chi connectivity index (χ4v) is 20.0. The van der Waals surface area contributed by atoms with E-state index in [1.54, 1.807) is 62.4 Å². The van der Waals surface area contributed by atoms with Gasteiger partial charge in [0, 0.05) is 36.3 Å². The summed E-state index contributed by atoms with van der Waals surface area (Å²) in [6.07, 6.45) is 11.2. The Balaban J connectivity index is -0.000000586. The Hall–Kier alpha value is -3.84. The minimum Gasteiger partial charge on any atom is -0.218 e. The van der Waals surface area contributed by atoms with Gasteiger partial charge in [0.15, 0.2) is 0 Å². The maximum Gasteiger partial charge on any atom is 0.241 e. The molecule has 0 aliphatic heterocycles. The zero-order chi connectivity index (χ0) is 87.0. The quantitative estimate of drug-likeness (QED) is 0.0211. The third-order valence-corrected chi connectivity index (χ3v) is 26.4. The lowest BCUT2D eigenvalue weighted by Crippen LogP contribution is -2.41. The van der Waals surface area contributed by atoms with Gasteiger partial charge in [-0.2, -0.15) is 0 Å². The molecule has 24 nitrogen and oxygen atoms in total. The molecule has 0 aliphatic carbocycles. The van der Waals surface area contributed by atoms with E-state index < -0.39 is 85.7 Å². The molecular weight excluding hydrogens is 1560 g/mol. The minimum absolute atomic E-state index is 0.0108. The van der Waals surface area contributed by atoms with E-state index in [0.29, 0.717) is 32.7 Å². The van der Waals surface area contributed by atoms with Gasteiger partial charge in [-0.05, 0) is 268 Å². The molecule has 644 valence electrons. The molecule has 0 atom stereocenters. The Bertz CT molecular complexity index is 4200. The number of unbranched alkanes of at least 4 members (excludes halogenated alkanes) is 8. The number of benzene rings is 4. The third kappa shape index (κ3) is 61.6. The zero-order valence-electron chi connectivity index (χ0n) is 72.6. The van der Waals surface area contributed by atoms with Gasteiger partial charge in [0.2, 0.25) is 80.2 Å². The van der Waals surface area contributed by atoms with Crippen LogP contribution in [-0.4, -0.2) is 141 Å². The molecule has 0 saturated heterocycles. The van der Waals surface area contributed by atoms with Crippen molar-refractivity contribution in [2.75, 3.05) is 50.2 Å². The summed E-state index contributed by atoms with van der Waals surface area (Å²) in [7, 11) is -22.6. The van der Waals surface area contributed by atoms with Gasteiger partial charge in [-0.3, -0.25) is 0 Å². The largest absolute Gasteiger partial charge is 0.241 e. The van der Waals surface area contributed by atoms with Crippen molar-refractivity contribution >= 4 is 80.2 Å². The molecule has 0 heterocycles. The summed E-state index contributed by atoms with van der Waals surface area (Å²) in [5, 5.41) is 0. The number of sulfonamides is 8. The average molecular weight is 1710 g/mol. The molecule has 0 radical (unpaired) electrons. The second-order valence-corrected chi connectivity index (χ2v) is 47.6. The molecule has 0 fully saturated rings. The normalized spacial score (nSPS) is 12.5. The molecule has 4 aromatic carbocycles. The van der Waals surface area contributed by atoms with E-state index in [2.05, 4.69) is 58.5 Å². The molecule has 0 aliphatic rings. The van der Waals surface area contributed by atoms with E-state index in [1.165, 1.54) is 14.1 Å². The molecule has 4 aromatic rings. The fraction of sp³-hybridized carbons (Fsp3) is 0.692. The number of rotatable bonds is 32. The topological polar surface area (TPSA) is 369 Å². The van der Waals surface area contributed by atoms with E-state index >= 15 is 0 Å². The van der Waals surface area contributed by atoms with Crippen molar-refractivity contribution < 1.29 is 67.3 Å².